The van der Waals surface area contributed by atoms with Crippen molar-refractivity contribution in [1.29, 1.82) is 0 Å². The molecular formula is C21H23FN2O2. The summed E-state index contributed by atoms with van der Waals surface area (Å²) >= 11 is 0. The third-order valence-corrected chi connectivity index (χ3v) is 4.86. The first kappa shape index (κ1) is 18.1. The molecule has 1 heterocycles. The van der Waals surface area contributed by atoms with E-state index < -0.39 is 11.9 Å². The Morgan fingerprint density at radius 3 is 2.42 bits per heavy atom. The van der Waals surface area contributed by atoms with Crippen molar-refractivity contribution >= 4 is 17.5 Å². The first-order valence-corrected chi connectivity index (χ1v) is 8.86. The summed E-state index contributed by atoms with van der Waals surface area (Å²) in [5, 5.41) is 0. The van der Waals surface area contributed by atoms with Crippen molar-refractivity contribution in [3.63, 3.8) is 0 Å². The molecule has 5 heteroatoms. The van der Waals surface area contributed by atoms with Crippen LogP contribution in [0.15, 0.2) is 48.5 Å². The molecule has 1 saturated heterocycles. The van der Waals surface area contributed by atoms with Gasteiger partial charge in [-0.05, 0) is 48.7 Å². The Bertz CT molecular complexity index is 817. The van der Waals surface area contributed by atoms with Crippen LogP contribution in [0.4, 0.5) is 10.1 Å². The fraction of sp³-hybridized carbons (Fsp3) is 0.333. The molecule has 2 aromatic carbocycles. The molecule has 1 atom stereocenters. The molecule has 1 fully saturated rings. The van der Waals surface area contributed by atoms with Gasteiger partial charge in [-0.15, -0.1) is 0 Å². The maximum atomic E-state index is 13.4. The van der Waals surface area contributed by atoms with Crippen LogP contribution in [0, 0.1) is 5.82 Å². The second-order valence-electron chi connectivity index (χ2n) is 6.92. The molecule has 0 bridgehead atoms. The molecule has 2 amide bonds. The molecule has 0 aromatic heterocycles. The lowest BCUT2D eigenvalue weighted by Gasteiger charge is -2.39. The first-order chi connectivity index (χ1) is 12.4. The van der Waals surface area contributed by atoms with Gasteiger partial charge in [0.25, 0.3) is 5.91 Å². The number of hydrogen-bond donors (Lipinski definition) is 0. The summed E-state index contributed by atoms with van der Waals surface area (Å²) in [4.78, 5) is 28.7. The molecule has 3 rings (SSSR count). The summed E-state index contributed by atoms with van der Waals surface area (Å²) in [5.74, 6) is -0.475. The summed E-state index contributed by atoms with van der Waals surface area (Å²) in [5.41, 5.74) is 2.32. The van der Waals surface area contributed by atoms with Crippen LogP contribution in [0.1, 0.15) is 42.6 Å². The zero-order chi connectivity index (χ0) is 18.8. The van der Waals surface area contributed by atoms with Gasteiger partial charge in [0.05, 0.1) is 0 Å². The number of carbonyl (C=O) groups excluding carboxylic acids is 2. The third kappa shape index (κ3) is 3.47. The Hall–Kier alpha value is -2.69. The van der Waals surface area contributed by atoms with Crippen molar-refractivity contribution < 1.29 is 14.0 Å². The second kappa shape index (κ2) is 7.28. The zero-order valence-corrected chi connectivity index (χ0v) is 15.3. The maximum absolute atomic E-state index is 13.4. The second-order valence-corrected chi connectivity index (χ2v) is 6.92. The van der Waals surface area contributed by atoms with Crippen LogP contribution < -0.4 is 4.90 Å². The molecule has 0 saturated carbocycles. The van der Waals surface area contributed by atoms with Crippen LogP contribution in [0.2, 0.25) is 0 Å². The molecule has 2 aromatic rings. The van der Waals surface area contributed by atoms with Gasteiger partial charge in [0.1, 0.15) is 11.9 Å². The molecule has 0 N–H and O–H groups in total. The van der Waals surface area contributed by atoms with Gasteiger partial charge in [-0.25, -0.2) is 4.39 Å². The molecule has 1 unspecified atom stereocenters. The van der Waals surface area contributed by atoms with E-state index in [2.05, 4.69) is 13.8 Å². The van der Waals surface area contributed by atoms with Crippen LogP contribution in [0.5, 0.6) is 0 Å². The fourth-order valence-corrected chi connectivity index (χ4v) is 3.23. The lowest BCUT2D eigenvalue weighted by Crippen LogP contribution is -2.57. The predicted octanol–water partition coefficient (Wildman–Crippen LogP) is 3.83. The third-order valence-electron chi connectivity index (χ3n) is 4.86. The van der Waals surface area contributed by atoms with Gasteiger partial charge in [0, 0.05) is 24.3 Å². The SMILES string of the molecule is CC(C)c1ccc(N2CCN(C(=O)c3cccc(F)c3)C(C)C2=O)cc1. The maximum Gasteiger partial charge on any atom is 0.254 e. The van der Waals surface area contributed by atoms with E-state index in [0.717, 1.165) is 5.69 Å². The minimum absolute atomic E-state index is 0.127. The van der Waals surface area contributed by atoms with Crippen LogP contribution >= 0.6 is 0 Å². The average Bonchev–Trinajstić information content (AvgIpc) is 2.63. The van der Waals surface area contributed by atoms with E-state index in [1.807, 2.05) is 24.3 Å². The number of halogens is 1. The summed E-state index contributed by atoms with van der Waals surface area (Å²) < 4.78 is 13.4. The highest BCUT2D eigenvalue weighted by atomic mass is 19.1. The lowest BCUT2D eigenvalue weighted by molar-refractivity contribution is -0.124. The van der Waals surface area contributed by atoms with Crippen LogP contribution in [0.3, 0.4) is 0 Å². The Kier molecular flexibility index (Phi) is 5.07. The molecule has 136 valence electrons. The summed E-state index contributed by atoms with van der Waals surface area (Å²) in [6, 6.07) is 12.9. The molecule has 1 aliphatic heterocycles. The molecule has 0 radical (unpaired) electrons. The Morgan fingerprint density at radius 1 is 1.12 bits per heavy atom. The number of piperazine rings is 1. The van der Waals surface area contributed by atoms with Gasteiger partial charge in [0.2, 0.25) is 5.91 Å². The Labute approximate surface area is 153 Å². The van der Waals surface area contributed by atoms with E-state index in [4.69, 9.17) is 0 Å². The van der Waals surface area contributed by atoms with Crippen molar-refractivity contribution in [2.24, 2.45) is 0 Å². The summed E-state index contributed by atoms with van der Waals surface area (Å²) in [7, 11) is 0. The van der Waals surface area contributed by atoms with Gasteiger partial charge in [-0.3, -0.25) is 9.59 Å². The summed E-state index contributed by atoms with van der Waals surface area (Å²) in [6.07, 6.45) is 0. The van der Waals surface area contributed by atoms with E-state index >= 15 is 0 Å². The largest absolute Gasteiger partial charge is 0.325 e. The van der Waals surface area contributed by atoms with Gasteiger partial charge >= 0.3 is 0 Å². The first-order valence-electron chi connectivity index (χ1n) is 8.86. The number of carbonyl (C=O) groups is 2. The molecule has 1 aliphatic rings. The van der Waals surface area contributed by atoms with Crippen molar-refractivity contribution in [2.45, 2.75) is 32.7 Å². The predicted molar refractivity (Wildman–Crippen MR) is 99.8 cm³/mol. The number of rotatable bonds is 3. The number of hydrogen-bond acceptors (Lipinski definition) is 2. The van der Waals surface area contributed by atoms with E-state index in [1.165, 1.54) is 28.7 Å². The minimum atomic E-state index is -0.593. The standard InChI is InChI=1S/C21H23FN2O2/c1-14(2)16-7-9-19(10-8-16)24-12-11-23(15(3)20(24)25)21(26)17-5-4-6-18(22)13-17/h4-10,13-15H,11-12H2,1-3H3. The monoisotopic (exact) mass is 354 g/mol. The zero-order valence-electron chi connectivity index (χ0n) is 15.3. The van der Waals surface area contributed by atoms with Gasteiger partial charge in [-0.1, -0.05) is 32.0 Å². The molecule has 26 heavy (non-hydrogen) atoms. The van der Waals surface area contributed by atoms with E-state index in [0.29, 0.717) is 19.0 Å². The number of benzene rings is 2. The van der Waals surface area contributed by atoms with E-state index in [-0.39, 0.29) is 17.4 Å². The van der Waals surface area contributed by atoms with Crippen molar-refractivity contribution in [3.05, 3.63) is 65.5 Å². The molecular weight excluding hydrogens is 331 g/mol. The van der Waals surface area contributed by atoms with E-state index in [1.54, 1.807) is 17.9 Å². The lowest BCUT2D eigenvalue weighted by atomic mass is 10.0. The Balaban J connectivity index is 1.77. The van der Waals surface area contributed by atoms with Crippen molar-refractivity contribution in [1.82, 2.24) is 4.90 Å². The quantitative estimate of drug-likeness (QED) is 0.841. The Morgan fingerprint density at radius 2 is 1.81 bits per heavy atom. The molecule has 0 aliphatic carbocycles. The van der Waals surface area contributed by atoms with Gasteiger partial charge in [0.15, 0.2) is 0 Å². The van der Waals surface area contributed by atoms with Gasteiger partial charge < -0.3 is 9.80 Å². The highest BCUT2D eigenvalue weighted by Crippen LogP contribution is 2.24. The van der Waals surface area contributed by atoms with Crippen molar-refractivity contribution in [3.8, 4) is 0 Å². The van der Waals surface area contributed by atoms with Crippen LogP contribution in [-0.2, 0) is 4.79 Å². The van der Waals surface area contributed by atoms with Crippen LogP contribution in [0.25, 0.3) is 0 Å². The average molecular weight is 354 g/mol. The van der Waals surface area contributed by atoms with Crippen LogP contribution in [-0.4, -0.2) is 35.8 Å². The number of nitrogens with zero attached hydrogens (tertiary/aromatic N) is 2. The smallest absolute Gasteiger partial charge is 0.254 e. The topological polar surface area (TPSA) is 40.6 Å². The van der Waals surface area contributed by atoms with Gasteiger partial charge in [-0.2, -0.15) is 0 Å². The number of amides is 2. The molecule has 4 nitrogen and oxygen atoms in total. The summed E-state index contributed by atoms with van der Waals surface area (Å²) in [6.45, 7) is 6.80. The normalized spacial score (nSPS) is 17.7. The van der Waals surface area contributed by atoms with E-state index in [9.17, 15) is 14.0 Å². The minimum Gasteiger partial charge on any atom is -0.325 e. The number of anilines is 1. The highest BCUT2D eigenvalue weighted by molar-refractivity contribution is 6.03. The van der Waals surface area contributed by atoms with Crippen molar-refractivity contribution in [2.75, 3.05) is 18.0 Å². The highest BCUT2D eigenvalue weighted by Gasteiger charge is 2.35. The molecule has 0 spiro atoms. The fourth-order valence-electron chi connectivity index (χ4n) is 3.23.